The number of carbonyl (C=O) groups excluding carboxylic acids is 1. The zero-order valence-electron chi connectivity index (χ0n) is 8.07. The van der Waals surface area contributed by atoms with Crippen LogP contribution in [0.4, 0.5) is 0 Å². The van der Waals surface area contributed by atoms with Crippen molar-refractivity contribution in [1.82, 2.24) is 10.3 Å². The van der Waals surface area contributed by atoms with Gasteiger partial charge in [0, 0.05) is 24.9 Å². The standard InChI is InChI=1S/C11H14N2O/c1-2-8-13-11(14)7-6-10-5-3-4-9-12-10/h2-5,9H,1,6-8H2,(H,13,14). The highest BCUT2D eigenvalue weighted by Crippen LogP contribution is 1.97. The summed E-state index contributed by atoms with van der Waals surface area (Å²) in [5, 5.41) is 2.72. The van der Waals surface area contributed by atoms with E-state index < -0.39 is 0 Å². The number of nitrogens with one attached hydrogen (secondary N) is 1. The van der Waals surface area contributed by atoms with Crippen LogP contribution in [0, 0.1) is 0 Å². The summed E-state index contributed by atoms with van der Waals surface area (Å²) < 4.78 is 0. The lowest BCUT2D eigenvalue weighted by Gasteiger charge is -2.01. The number of aromatic nitrogens is 1. The molecule has 0 atom stereocenters. The molecule has 0 fully saturated rings. The maximum atomic E-state index is 11.2. The lowest BCUT2D eigenvalue weighted by atomic mass is 10.2. The SMILES string of the molecule is C=CCNC(=O)CCc1ccccn1. The van der Waals surface area contributed by atoms with Crippen molar-refractivity contribution in [2.45, 2.75) is 12.8 Å². The summed E-state index contributed by atoms with van der Waals surface area (Å²) >= 11 is 0. The van der Waals surface area contributed by atoms with E-state index in [9.17, 15) is 4.79 Å². The van der Waals surface area contributed by atoms with Gasteiger partial charge in [0.2, 0.25) is 5.91 Å². The molecule has 0 aliphatic rings. The van der Waals surface area contributed by atoms with E-state index in [2.05, 4.69) is 16.9 Å². The van der Waals surface area contributed by atoms with Gasteiger partial charge in [0.15, 0.2) is 0 Å². The Kier molecular flexibility index (Phi) is 4.41. The Morgan fingerprint density at radius 2 is 2.43 bits per heavy atom. The number of amides is 1. The average Bonchev–Trinajstić information content (AvgIpc) is 2.25. The summed E-state index contributed by atoms with van der Waals surface area (Å²) in [5.41, 5.74) is 0.946. The topological polar surface area (TPSA) is 42.0 Å². The minimum atomic E-state index is 0.0375. The van der Waals surface area contributed by atoms with Crippen LogP contribution in [0.2, 0.25) is 0 Å². The quantitative estimate of drug-likeness (QED) is 0.711. The molecule has 14 heavy (non-hydrogen) atoms. The smallest absolute Gasteiger partial charge is 0.220 e. The second kappa shape index (κ2) is 5.91. The normalized spacial score (nSPS) is 9.43. The van der Waals surface area contributed by atoms with Gasteiger partial charge in [-0.05, 0) is 18.6 Å². The van der Waals surface area contributed by atoms with E-state index in [1.54, 1.807) is 12.3 Å². The fraction of sp³-hybridized carbons (Fsp3) is 0.273. The van der Waals surface area contributed by atoms with Gasteiger partial charge in [0.25, 0.3) is 0 Å². The number of carbonyl (C=O) groups is 1. The van der Waals surface area contributed by atoms with Gasteiger partial charge in [0.05, 0.1) is 0 Å². The van der Waals surface area contributed by atoms with Crippen LogP contribution in [-0.2, 0) is 11.2 Å². The molecule has 1 rings (SSSR count). The summed E-state index contributed by atoms with van der Waals surface area (Å²) in [7, 11) is 0. The molecule has 1 amide bonds. The zero-order chi connectivity index (χ0) is 10.2. The summed E-state index contributed by atoms with van der Waals surface area (Å²) in [6.45, 7) is 4.05. The number of aryl methyl sites for hydroxylation is 1. The van der Waals surface area contributed by atoms with Gasteiger partial charge >= 0.3 is 0 Å². The molecule has 0 radical (unpaired) electrons. The maximum Gasteiger partial charge on any atom is 0.220 e. The molecule has 1 aromatic rings. The van der Waals surface area contributed by atoms with Crippen molar-refractivity contribution in [2.75, 3.05) is 6.54 Å². The molecule has 0 saturated carbocycles. The first-order valence-corrected chi connectivity index (χ1v) is 4.60. The van der Waals surface area contributed by atoms with Crippen molar-refractivity contribution in [3.8, 4) is 0 Å². The summed E-state index contributed by atoms with van der Waals surface area (Å²) in [6, 6.07) is 5.70. The monoisotopic (exact) mass is 190 g/mol. The van der Waals surface area contributed by atoms with E-state index in [1.165, 1.54) is 0 Å². The van der Waals surface area contributed by atoms with Gasteiger partial charge in [0.1, 0.15) is 0 Å². The fourth-order valence-corrected chi connectivity index (χ4v) is 1.06. The lowest BCUT2D eigenvalue weighted by Crippen LogP contribution is -2.23. The van der Waals surface area contributed by atoms with Gasteiger partial charge in [-0.1, -0.05) is 12.1 Å². The number of hydrogen-bond acceptors (Lipinski definition) is 2. The van der Waals surface area contributed by atoms with Crippen LogP contribution in [0.1, 0.15) is 12.1 Å². The minimum Gasteiger partial charge on any atom is -0.353 e. The van der Waals surface area contributed by atoms with E-state index in [1.807, 2.05) is 18.2 Å². The molecule has 1 heterocycles. The molecule has 74 valence electrons. The molecule has 0 aliphatic carbocycles. The van der Waals surface area contributed by atoms with E-state index in [-0.39, 0.29) is 5.91 Å². The lowest BCUT2D eigenvalue weighted by molar-refractivity contribution is -0.120. The predicted molar refractivity (Wildman–Crippen MR) is 55.8 cm³/mol. The second-order valence-electron chi connectivity index (χ2n) is 2.91. The fourth-order valence-electron chi connectivity index (χ4n) is 1.06. The van der Waals surface area contributed by atoms with Crippen molar-refractivity contribution in [3.63, 3.8) is 0 Å². The number of pyridine rings is 1. The molecule has 1 N–H and O–H groups in total. The first kappa shape index (κ1) is 10.4. The van der Waals surface area contributed by atoms with Crippen LogP contribution in [0.3, 0.4) is 0 Å². The van der Waals surface area contributed by atoms with Gasteiger partial charge < -0.3 is 5.32 Å². The van der Waals surface area contributed by atoms with Gasteiger partial charge in [-0.15, -0.1) is 6.58 Å². The highest BCUT2D eigenvalue weighted by molar-refractivity contribution is 5.76. The predicted octanol–water partition coefficient (Wildman–Crippen LogP) is 1.32. The van der Waals surface area contributed by atoms with Crippen LogP contribution >= 0.6 is 0 Å². The third-order valence-electron chi connectivity index (χ3n) is 1.78. The molecular formula is C11H14N2O. The first-order chi connectivity index (χ1) is 6.83. The molecule has 0 spiro atoms. The Hall–Kier alpha value is -1.64. The Morgan fingerprint density at radius 1 is 1.57 bits per heavy atom. The summed E-state index contributed by atoms with van der Waals surface area (Å²) in [4.78, 5) is 15.3. The Balaban J connectivity index is 2.27. The third kappa shape index (κ3) is 3.85. The van der Waals surface area contributed by atoms with Gasteiger partial charge in [-0.2, -0.15) is 0 Å². The first-order valence-electron chi connectivity index (χ1n) is 4.60. The number of rotatable bonds is 5. The highest BCUT2D eigenvalue weighted by atomic mass is 16.1. The number of hydrogen-bond donors (Lipinski definition) is 1. The Labute approximate surface area is 83.9 Å². The van der Waals surface area contributed by atoms with Gasteiger partial charge in [-0.3, -0.25) is 9.78 Å². The molecule has 0 aromatic carbocycles. The van der Waals surface area contributed by atoms with Crippen molar-refractivity contribution >= 4 is 5.91 Å². The summed E-state index contributed by atoms with van der Waals surface area (Å²) in [5.74, 6) is 0.0375. The number of nitrogens with zero attached hydrogens (tertiary/aromatic N) is 1. The van der Waals surface area contributed by atoms with Crippen LogP contribution in [0.25, 0.3) is 0 Å². The van der Waals surface area contributed by atoms with Crippen LogP contribution in [0.5, 0.6) is 0 Å². The molecule has 0 aliphatic heterocycles. The molecule has 1 aromatic heterocycles. The largest absolute Gasteiger partial charge is 0.353 e. The van der Waals surface area contributed by atoms with E-state index in [4.69, 9.17) is 0 Å². The molecule has 0 unspecified atom stereocenters. The average molecular weight is 190 g/mol. The van der Waals surface area contributed by atoms with Crippen LogP contribution < -0.4 is 5.32 Å². The third-order valence-corrected chi connectivity index (χ3v) is 1.78. The van der Waals surface area contributed by atoms with Crippen molar-refractivity contribution in [3.05, 3.63) is 42.7 Å². The van der Waals surface area contributed by atoms with Crippen LogP contribution in [0.15, 0.2) is 37.1 Å². The summed E-state index contributed by atoms with van der Waals surface area (Å²) in [6.07, 6.45) is 4.56. The van der Waals surface area contributed by atoms with Crippen molar-refractivity contribution in [2.24, 2.45) is 0 Å². The van der Waals surface area contributed by atoms with Gasteiger partial charge in [-0.25, -0.2) is 0 Å². The molecular weight excluding hydrogens is 176 g/mol. The zero-order valence-corrected chi connectivity index (χ0v) is 8.07. The molecule has 0 bridgehead atoms. The molecule has 3 heteroatoms. The Bertz CT molecular complexity index is 295. The van der Waals surface area contributed by atoms with Crippen molar-refractivity contribution in [1.29, 1.82) is 0 Å². The maximum absolute atomic E-state index is 11.2. The van der Waals surface area contributed by atoms with E-state index >= 15 is 0 Å². The molecule has 0 saturated heterocycles. The van der Waals surface area contributed by atoms with E-state index in [0.717, 1.165) is 5.69 Å². The highest BCUT2D eigenvalue weighted by Gasteiger charge is 2.00. The van der Waals surface area contributed by atoms with Crippen LogP contribution in [-0.4, -0.2) is 17.4 Å². The van der Waals surface area contributed by atoms with Crippen molar-refractivity contribution < 1.29 is 4.79 Å². The molecule has 3 nitrogen and oxygen atoms in total. The minimum absolute atomic E-state index is 0.0375. The second-order valence-corrected chi connectivity index (χ2v) is 2.91. The Morgan fingerprint density at radius 3 is 3.07 bits per heavy atom. The van der Waals surface area contributed by atoms with E-state index in [0.29, 0.717) is 19.4 Å².